The lowest BCUT2D eigenvalue weighted by atomic mass is 10.1. The second kappa shape index (κ2) is 9.77. The number of aliphatic imine (C=N–C) groups is 1. The highest BCUT2D eigenvalue weighted by molar-refractivity contribution is 5.80. The number of likely N-dealkylation sites (tertiary alicyclic amines) is 1. The van der Waals surface area contributed by atoms with Crippen LogP contribution in [0.25, 0.3) is 0 Å². The molecule has 0 saturated carbocycles. The number of hydrogen-bond acceptors (Lipinski definition) is 4. The minimum Gasteiger partial charge on any atom is -0.385 e. The highest BCUT2D eigenvalue weighted by atomic mass is 16.5. The molecule has 1 aliphatic rings. The Morgan fingerprint density at radius 3 is 2.60 bits per heavy atom. The van der Waals surface area contributed by atoms with Gasteiger partial charge in [0.2, 0.25) is 0 Å². The van der Waals surface area contributed by atoms with Crippen molar-refractivity contribution >= 4 is 5.96 Å². The van der Waals surface area contributed by atoms with E-state index >= 15 is 0 Å². The van der Waals surface area contributed by atoms with Crippen LogP contribution in [0.3, 0.4) is 0 Å². The molecule has 0 amide bonds. The van der Waals surface area contributed by atoms with Crippen LogP contribution in [-0.2, 0) is 18.3 Å². The molecule has 1 saturated heterocycles. The molecule has 0 aliphatic carbocycles. The number of rotatable bonds is 7. The quantitative estimate of drug-likeness (QED) is 0.439. The summed E-state index contributed by atoms with van der Waals surface area (Å²) < 4.78 is 7.07. The van der Waals surface area contributed by atoms with E-state index in [1.165, 1.54) is 11.3 Å². The maximum Gasteiger partial charge on any atom is 0.191 e. The van der Waals surface area contributed by atoms with Gasteiger partial charge in [0, 0.05) is 71.3 Å². The Bertz CT molecular complexity index is 560. The van der Waals surface area contributed by atoms with Crippen LogP contribution in [0.2, 0.25) is 0 Å². The molecular weight excluding hydrogens is 316 g/mol. The van der Waals surface area contributed by atoms with E-state index in [4.69, 9.17) is 4.74 Å². The summed E-state index contributed by atoms with van der Waals surface area (Å²) >= 11 is 0. The number of nitrogens with zero attached hydrogens (tertiary/aromatic N) is 4. The van der Waals surface area contributed by atoms with Crippen molar-refractivity contribution in [2.75, 3.05) is 40.4 Å². The number of hydrogen-bond donors (Lipinski definition) is 2. The Morgan fingerprint density at radius 1 is 1.32 bits per heavy atom. The molecule has 0 unspecified atom stereocenters. The van der Waals surface area contributed by atoms with Crippen LogP contribution in [-0.4, -0.2) is 67.1 Å². The fourth-order valence-electron chi connectivity index (χ4n) is 3.37. The van der Waals surface area contributed by atoms with E-state index < -0.39 is 0 Å². The van der Waals surface area contributed by atoms with Gasteiger partial charge in [0.15, 0.2) is 5.96 Å². The molecule has 0 atom stereocenters. The zero-order chi connectivity index (χ0) is 18.2. The number of piperidine rings is 1. The van der Waals surface area contributed by atoms with E-state index in [2.05, 4.69) is 39.5 Å². The van der Waals surface area contributed by atoms with Crippen molar-refractivity contribution in [2.45, 2.75) is 45.7 Å². The Labute approximate surface area is 151 Å². The second-order valence-corrected chi connectivity index (χ2v) is 6.81. The third kappa shape index (κ3) is 5.71. The van der Waals surface area contributed by atoms with Crippen molar-refractivity contribution in [3.05, 3.63) is 17.0 Å². The number of aryl methyl sites for hydroxylation is 2. The van der Waals surface area contributed by atoms with Gasteiger partial charge in [0.05, 0.1) is 5.69 Å². The van der Waals surface area contributed by atoms with Gasteiger partial charge in [-0.2, -0.15) is 5.10 Å². The average molecular weight is 351 g/mol. The van der Waals surface area contributed by atoms with Gasteiger partial charge >= 0.3 is 0 Å². The first-order valence-electron chi connectivity index (χ1n) is 9.22. The Kier molecular flexibility index (Phi) is 7.71. The van der Waals surface area contributed by atoms with Crippen LogP contribution >= 0.6 is 0 Å². The summed E-state index contributed by atoms with van der Waals surface area (Å²) in [5.74, 6) is 0.875. The van der Waals surface area contributed by atoms with Crippen molar-refractivity contribution in [1.29, 1.82) is 0 Å². The van der Waals surface area contributed by atoms with Crippen LogP contribution in [0.5, 0.6) is 0 Å². The van der Waals surface area contributed by atoms with Crippen molar-refractivity contribution in [1.82, 2.24) is 25.3 Å². The van der Waals surface area contributed by atoms with Crippen LogP contribution in [0.4, 0.5) is 0 Å². The van der Waals surface area contributed by atoms with E-state index in [1.807, 2.05) is 18.8 Å². The summed E-state index contributed by atoms with van der Waals surface area (Å²) in [6, 6.07) is 0.487. The highest BCUT2D eigenvalue weighted by Crippen LogP contribution is 2.12. The molecule has 2 rings (SSSR count). The maximum absolute atomic E-state index is 5.13. The van der Waals surface area contributed by atoms with Gasteiger partial charge in [0.25, 0.3) is 0 Å². The summed E-state index contributed by atoms with van der Waals surface area (Å²) in [4.78, 5) is 6.90. The molecule has 25 heavy (non-hydrogen) atoms. The smallest absolute Gasteiger partial charge is 0.191 e. The lowest BCUT2D eigenvalue weighted by Crippen LogP contribution is -2.48. The molecule has 0 radical (unpaired) electrons. The van der Waals surface area contributed by atoms with Crippen LogP contribution in [0, 0.1) is 13.8 Å². The number of guanidine groups is 1. The minimum absolute atomic E-state index is 0.487. The predicted octanol–water partition coefficient (Wildman–Crippen LogP) is 1.20. The summed E-state index contributed by atoms with van der Waals surface area (Å²) in [6.45, 7) is 9.17. The Balaban J connectivity index is 1.75. The fourth-order valence-corrected chi connectivity index (χ4v) is 3.37. The first-order valence-corrected chi connectivity index (χ1v) is 9.22. The van der Waals surface area contributed by atoms with E-state index in [9.17, 15) is 0 Å². The molecule has 2 heterocycles. The van der Waals surface area contributed by atoms with Gasteiger partial charge in [-0.1, -0.05) is 0 Å². The standard InChI is InChI=1S/C18H34N6O/c1-14-17(15(2)23(4)22-14)13-20-18(19-3)21-16-7-10-24(11-8-16)9-6-12-25-5/h16H,6-13H2,1-5H3,(H2,19,20,21). The first kappa shape index (κ1) is 19.7. The molecule has 2 N–H and O–H groups in total. The average Bonchev–Trinajstić information content (AvgIpc) is 2.85. The van der Waals surface area contributed by atoms with E-state index in [-0.39, 0.29) is 0 Å². The SMILES string of the molecule is CN=C(NCc1c(C)nn(C)c1C)NC1CCN(CCCOC)CC1. The number of ether oxygens (including phenoxy) is 1. The molecular formula is C18H34N6O. The highest BCUT2D eigenvalue weighted by Gasteiger charge is 2.20. The molecule has 142 valence electrons. The van der Waals surface area contributed by atoms with Gasteiger partial charge in [-0.05, 0) is 33.1 Å². The van der Waals surface area contributed by atoms with Gasteiger partial charge < -0.3 is 20.3 Å². The fraction of sp³-hybridized carbons (Fsp3) is 0.778. The van der Waals surface area contributed by atoms with Crippen LogP contribution in [0.1, 0.15) is 36.2 Å². The summed E-state index contributed by atoms with van der Waals surface area (Å²) in [5, 5.41) is 11.5. The Hall–Kier alpha value is -1.60. The molecule has 1 aromatic heterocycles. The minimum atomic E-state index is 0.487. The number of nitrogens with one attached hydrogen (secondary N) is 2. The maximum atomic E-state index is 5.13. The van der Waals surface area contributed by atoms with Crippen molar-refractivity contribution in [3.63, 3.8) is 0 Å². The van der Waals surface area contributed by atoms with E-state index in [1.54, 1.807) is 7.11 Å². The largest absolute Gasteiger partial charge is 0.385 e. The molecule has 1 aromatic rings. The van der Waals surface area contributed by atoms with Crippen molar-refractivity contribution in [3.8, 4) is 0 Å². The topological polar surface area (TPSA) is 66.7 Å². The van der Waals surface area contributed by atoms with E-state index in [0.717, 1.165) is 63.7 Å². The molecule has 7 nitrogen and oxygen atoms in total. The van der Waals surface area contributed by atoms with Gasteiger partial charge in [-0.25, -0.2) is 0 Å². The molecule has 1 fully saturated rings. The second-order valence-electron chi connectivity index (χ2n) is 6.81. The van der Waals surface area contributed by atoms with Crippen LogP contribution in [0.15, 0.2) is 4.99 Å². The first-order chi connectivity index (χ1) is 12.0. The summed E-state index contributed by atoms with van der Waals surface area (Å²) in [7, 11) is 5.58. The third-order valence-corrected chi connectivity index (χ3v) is 5.07. The van der Waals surface area contributed by atoms with Crippen LogP contribution < -0.4 is 10.6 Å². The molecule has 7 heteroatoms. The van der Waals surface area contributed by atoms with Crippen molar-refractivity contribution in [2.24, 2.45) is 12.0 Å². The molecule has 0 aromatic carbocycles. The van der Waals surface area contributed by atoms with Gasteiger partial charge in [-0.3, -0.25) is 9.67 Å². The number of aromatic nitrogens is 2. The molecule has 1 aliphatic heterocycles. The van der Waals surface area contributed by atoms with Gasteiger partial charge in [-0.15, -0.1) is 0 Å². The summed E-state index contributed by atoms with van der Waals surface area (Å²) in [6.07, 6.45) is 3.42. The lowest BCUT2D eigenvalue weighted by molar-refractivity contribution is 0.155. The van der Waals surface area contributed by atoms with Crippen molar-refractivity contribution < 1.29 is 4.74 Å². The lowest BCUT2D eigenvalue weighted by Gasteiger charge is -2.33. The van der Waals surface area contributed by atoms with Gasteiger partial charge in [0.1, 0.15) is 0 Å². The Morgan fingerprint density at radius 2 is 2.04 bits per heavy atom. The zero-order valence-corrected chi connectivity index (χ0v) is 16.4. The molecule has 0 spiro atoms. The molecule has 0 bridgehead atoms. The third-order valence-electron chi connectivity index (χ3n) is 5.07. The summed E-state index contributed by atoms with van der Waals surface area (Å²) in [5.41, 5.74) is 3.52. The zero-order valence-electron chi connectivity index (χ0n) is 16.4. The normalized spacial score (nSPS) is 17.1. The monoisotopic (exact) mass is 350 g/mol. The van der Waals surface area contributed by atoms with E-state index in [0.29, 0.717) is 6.04 Å². The predicted molar refractivity (Wildman–Crippen MR) is 102 cm³/mol. The number of methoxy groups -OCH3 is 1.